The van der Waals surface area contributed by atoms with E-state index in [1.165, 1.54) is 18.2 Å². The van der Waals surface area contributed by atoms with Crippen LogP contribution < -0.4 is 4.74 Å². The van der Waals surface area contributed by atoms with Gasteiger partial charge in [-0.3, -0.25) is 9.59 Å². The minimum Gasteiger partial charge on any atom is -0.478 e. The Bertz CT molecular complexity index is 450. The van der Waals surface area contributed by atoms with Gasteiger partial charge in [0.2, 0.25) is 0 Å². The second kappa shape index (κ2) is 5.79. The van der Waals surface area contributed by atoms with Crippen molar-refractivity contribution in [3.8, 4) is 5.75 Å². The van der Waals surface area contributed by atoms with Crippen molar-refractivity contribution in [2.45, 2.75) is 19.8 Å². The van der Waals surface area contributed by atoms with E-state index in [1.54, 1.807) is 0 Å². The predicted molar refractivity (Wildman–Crippen MR) is 59.3 cm³/mol. The van der Waals surface area contributed by atoms with E-state index in [0.717, 1.165) is 0 Å². The first-order chi connectivity index (χ1) is 8.08. The number of carbonyl (C=O) groups is 3. The summed E-state index contributed by atoms with van der Waals surface area (Å²) in [6, 6.07) is 3.87. The normalized spacial score (nSPS) is 9.71. The Morgan fingerprint density at radius 3 is 2.65 bits per heavy atom. The van der Waals surface area contributed by atoms with Crippen LogP contribution in [-0.4, -0.2) is 23.3 Å². The maximum Gasteiger partial charge on any atom is 0.339 e. The van der Waals surface area contributed by atoms with Crippen LogP contribution in [0.4, 0.5) is 0 Å². The number of rotatable bonds is 5. The van der Waals surface area contributed by atoms with E-state index in [0.29, 0.717) is 12.7 Å². The monoisotopic (exact) mass is 236 g/mol. The molecule has 1 aromatic carbocycles. The van der Waals surface area contributed by atoms with E-state index in [9.17, 15) is 14.4 Å². The van der Waals surface area contributed by atoms with Gasteiger partial charge in [0.1, 0.15) is 17.6 Å². The second-order valence-electron chi connectivity index (χ2n) is 3.40. The lowest BCUT2D eigenvalue weighted by Gasteiger charge is -2.07. The maximum absolute atomic E-state index is 11.3. The third-order valence-corrected chi connectivity index (χ3v) is 2.05. The van der Waals surface area contributed by atoms with Crippen molar-refractivity contribution in [1.82, 2.24) is 0 Å². The van der Waals surface area contributed by atoms with E-state index >= 15 is 0 Å². The Hall–Kier alpha value is -2.17. The molecule has 0 spiro atoms. The highest BCUT2D eigenvalue weighted by molar-refractivity contribution is 5.94. The molecule has 0 saturated carbocycles. The molecule has 0 saturated heterocycles. The number of hydrogen-bond donors (Lipinski definition) is 1. The summed E-state index contributed by atoms with van der Waals surface area (Å²) in [4.78, 5) is 32.7. The number of esters is 1. The Morgan fingerprint density at radius 1 is 1.41 bits per heavy atom. The summed E-state index contributed by atoms with van der Waals surface area (Å²) in [6.07, 6.45) is 1.37. The number of carboxylic acid groups (broad SMARTS) is 1. The van der Waals surface area contributed by atoms with Crippen molar-refractivity contribution in [3.05, 3.63) is 29.3 Å². The highest BCUT2D eigenvalue weighted by Gasteiger charge is 2.14. The molecular weight excluding hydrogens is 224 g/mol. The topological polar surface area (TPSA) is 80.7 Å². The van der Waals surface area contributed by atoms with Gasteiger partial charge in [0.25, 0.3) is 0 Å². The number of aromatic carboxylic acids is 1. The van der Waals surface area contributed by atoms with E-state index in [-0.39, 0.29) is 23.3 Å². The van der Waals surface area contributed by atoms with E-state index in [1.807, 2.05) is 6.92 Å². The van der Waals surface area contributed by atoms with Crippen LogP contribution in [0.5, 0.6) is 5.75 Å². The van der Waals surface area contributed by atoms with Gasteiger partial charge in [-0.1, -0.05) is 6.92 Å². The molecule has 90 valence electrons. The van der Waals surface area contributed by atoms with E-state index in [2.05, 4.69) is 0 Å². The Kier molecular flexibility index (Phi) is 4.39. The number of carbonyl (C=O) groups excluding carboxylic acids is 2. The fourth-order valence-electron chi connectivity index (χ4n) is 1.25. The molecule has 1 N–H and O–H groups in total. The summed E-state index contributed by atoms with van der Waals surface area (Å²) in [6.45, 7) is 1.81. The molecule has 0 aromatic heterocycles. The molecule has 0 fully saturated rings. The fraction of sp³-hybridized carbons (Fsp3) is 0.250. The van der Waals surface area contributed by atoms with Crippen LogP contribution in [0.2, 0.25) is 0 Å². The highest BCUT2D eigenvalue weighted by atomic mass is 16.5. The zero-order valence-corrected chi connectivity index (χ0v) is 9.30. The number of benzene rings is 1. The maximum atomic E-state index is 11.3. The van der Waals surface area contributed by atoms with Crippen molar-refractivity contribution in [2.24, 2.45) is 0 Å². The first-order valence-electron chi connectivity index (χ1n) is 5.11. The quantitative estimate of drug-likeness (QED) is 0.479. The van der Waals surface area contributed by atoms with Gasteiger partial charge in [0.15, 0.2) is 0 Å². The van der Waals surface area contributed by atoms with Gasteiger partial charge >= 0.3 is 11.9 Å². The molecule has 0 heterocycles. The fourth-order valence-corrected chi connectivity index (χ4v) is 1.25. The van der Waals surface area contributed by atoms with Crippen molar-refractivity contribution in [3.63, 3.8) is 0 Å². The minimum atomic E-state index is -1.24. The number of ether oxygens (including phenoxy) is 1. The van der Waals surface area contributed by atoms with Gasteiger partial charge < -0.3 is 9.84 Å². The Balaban J connectivity index is 3.02. The molecule has 0 aliphatic heterocycles. The van der Waals surface area contributed by atoms with Crippen LogP contribution >= 0.6 is 0 Å². The molecule has 0 aliphatic carbocycles. The molecule has 17 heavy (non-hydrogen) atoms. The second-order valence-corrected chi connectivity index (χ2v) is 3.40. The molecule has 5 nitrogen and oxygen atoms in total. The van der Waals surface area contributed by atoms with Crippen molar-refractivity contribution in [2.75, 3.05) is 0 Å². The SMILES string of the molecule is CCCC(=O)Oc1ccc(C=O)cc1C(=O)O. The lowest BCUT2D eigenvalue weighted by atomic mass is 10.1. The summed E-state index contributed by atoms with van der Waals surface area (Å²) in [7, 11) is 0. The average Bonchev–Trinajstić information content (AvgIpc) is 2.29. The van der Waals surface area contributed by atoms with Gasteiger partial charge in [-0.25, -0.2) is 4.79 Å². The first-order valence-corrected chi connectivity index (χ1v) is 5.11. The molecule has 0 bridgehead atoms. The molecule has 1 rings (SSSR count). The zero-order chi connectivity index (χ0) is 12.8. The molecule has 5 heteroatoms. The van der Waals surface area contributed by atoms with Gasteiger partial charge in [-0.15, -0.1) is 0 Å². The smallest absolute Gasteiger partial charge is 0.339 e. The summed E-state index contributed by atoms with van der Waals surface area (Å²) in [5, 5.41) is 8.92. The van der Waals surface area contributed by atoms with Gasteiger partial charge in [0.05, 0.1) is 0 Å². The molecule has 0 unspecified atom stereocenters. The largest absolute Gasteiger partial charge is 0.478 e. The molecule has 0 aliphatic rings. The van der Waals surface area contributed by atoms with Crippen molar-refractivity contribution < 1.29 is 24.2 Å². The average molecular weight is 236 g/mol. The zero-order valence-electron chi connectivity index (χ0n) is 9.30. The summed E-state index contributed by atoms with van der Waals surface area (Å²) in [5.74, 6) is -1.77. The lowest BCUT2D eigenvalue weighted by Crippen LogP contribution is -2.10. The minimum absolute atomic E-state index is 0.0402. The summed E-state index contributed by atoms with van der Waals surface area (Å²) in [5.41, 5.74) is 0.0248. The molecule has 0 amide bonds. The number of aldehydes is 1. The van der Waals surface area contributed by atoms with Crippen LogP contribution in [0.3, 0.4) is 0 Å². The van der Waals surface area contributed by atoms with Gasteiger partial charge in [0, 0.05) is 12.0 Å². The number of carboxylic acids is 1. The van der Waals surface area contributed by atoms with Gasteiger partial charge in [-0.05, 0) is 24.6 Å². The lowest BCUT2D eigenvalue weighted by molar-refractivity contribution is -0.134. The van der Waals surface area contributed by atoms with Crippen molar-refractivity contribution >= 4 is 18.2 Å². The molecule has 1 aromatic rings. The van der Waals surface area contributed by atoms with Crippen LogP contribution in [0.15, 0.2) is 18.2 Å². The molecular formula is C12H12O5. The van der Waals surface area contributed by atoms with E-state index < -0.39 is 11.9 Å². The predicted octanol–water partition coefficient (Wildman–Crippen LogP) is 1.90. The third kappa shape index (κ3) is 3.41. The first kappa shape index (κ1) is 12.9. The van der Waals surface area contributed by atoms with Crippen LogP contribution in [0, 0.1) is 0 Å². The Labute approximate surface area is 98.0 Å². The third-order valence-electron chi connectivity index (χ3n) is 2.05. The van der Waals surface area contributed by atoms with Crippen LogP contribution in [0.25, 0.3) is 0 Å². The van der Waals surface area contributed by atoms with Crippen LogP contribution in [0.1, 0.15) is 40.5 Å². The Morgan fingerprint density at radius 2 is 2.12 bits per heavy atom. The number of hydrogen-bond acceptors (Lipinski definition) is 4. The molecule has 0 atom stereocenters. The van der Waals surface area contributed by atoms with Crippen molar-refractivity contribution in [1.29, 1.82) is 0 Å². The van der Waals surface area contributed by atoms with E-state index in [4.69, 9.17) is 9.84 Å². The summed E-state index contributed by atoms with van der Waals surface area (Å²) >= 11 is 0. The van der Waals surface area contributed by atoms with Gasteiger partial charge in [-0.2, -0.15) is 0 Å². The van der Waals surface area contributed by atoms with Crippen LogP contribution in [-0.2, 0) is 4.79 Å². The molecule has 0 radical (unpaired) electrons. The standard InChI is InChI=1S/C12H12O5/c1-2-3-11(14)17-10-5-4-8(7-13)6-9(10)12(15)16/h4-7H,2-3H2,1H3,(H,15,16). The highest BCUT2D eigenvalue weighted by Crippen LogP contribution is 2.20. The summed E-state index contributed by atoms with van der Waals surface area (Å²) < 4.78 is 4.91.